The van der Waals surface area contributed by atoms with Gasteiger partial charge >= 0.3 is 5.97 Å². The summed E-state index contributed by atoms with van der Waals surface area (Å²) in [5, 5.41) is 1.06. The molecule has 4 rings (SSSR count). The first-order valence-corrected chi connectivity index (χ1v) is 10.7. The third-order valence-corrected chi connectivity index (χ3v) is 5.25. The summed E-state index contributed by atoms with van der Waals surface area (Å²) < 4.78 is 19.0. The lowest BCUT2D eigenvalue weighted by Crippen LogP contribution is -2.27. The van der Waals surface area contributed by atoms with Crippen molar-refractivity contribution in [3.8, 4) is 11.5 Å². The van der Waals surface area contributed by atoms with Gasteiger partial charge in [0.05, 0.1) is 5.56 Å². The maximum Gasteiger partial charge on any atom is 0.344 e. The van der Waals surface area contributed by atoms with Crippen LogP contribution in [0, 0.1) is 6.92 Å². The number of hydrogen-bond acceptors (Lipinski definition) is 5. The molecule has 0 fully saturated rings. The van der Waals surface area contributed by atoms with Crippen molar-refractivity contribution in [1.82, 2.24) is 4.57 Å². The maximum atomic E-state index is 13.0. The van der Waals surface area contributed by atoms with Gasteiger partial charge in [-0.2, -0.15) is 0 Å². The van der Waals surface area contributed by atoms with Gasteiger partial charge < -0.3 is 18.8 Å². The molecule has 0 spiro atoms. The van der Waals surface area contributed by atoms with E-state index in [1.54, 1.807) is 39.0 Å². The van der Waals surface area contributed by atoms with Crippen molar-refractivity contribution in [3.63, 3.8) is 0 Å². The van der Waals surface area contributed by atoms with E-state index in [0.29, 0.717) is 22.6 Å². The molecule has 0 N–H and O–H groups in total. The first-order chi connectivity index (χ1) is 15.2. The van der Waals surface area contributed by atoms with Crippen molar-refractivity contribution in [2.45, 2.75) is 46.8 Å². The Kier molecular flexibility index (Phi) is 5.55. The van der Waals surface area contributed by atoms with Gasteiger partial charge in [0, 0.05) is 34.8 Å². The average molecular weight is 434 g/mol. The molecule has 0 amide bonds. The molecule has 6 nitrogen and oxygen atoms in total. The third kappa shape index (κ3) is 4.13. The number of hydrogen-bond donors (Lipinski definition) is 0. The number of aryl methyl sites for hydroxylation is 1. The van der Waals surface area contributed by atoms with Gasteiger partial charge in [0.15, 0.2) is 12.4 Å². The number of esters is 1. The number of carbonyl (C=O) groups excluding carboxylic acids is 2. The SMILES string of the molecule is CCn1cc(C=C2Oc3c(ccc(OCC(=O)OC(C)(C)C)c3C)C2=O)c2ccccc21. The number of Topliss-reactive ketones (excluding diaryl/α,β-unsaturated/α-hetero) is 1. The molecule has 0 aliphatic carbocycles. The first-order valence-electron chi connectivity index (χ1n) is 10.7. The van der Waals surface area contributed by atoms with Crippen LogP contribution >= 0.6 is 0 Å². The fourth-order valence-electron chi connectivity index (χ4n) is 3.83. The predicted octanol–water partition coefficient (Wildman–Crippen LogP) is 5.31. The van der Waals surface area contributed by atoms with Crippen LogP contribution in [-0.2, 0) is 16.1 Å². The number of benzene rings is 2. The van der Waals surface area contributed by atoms with E-state index in [2.05, 4.69) is 17.6 Å². The molecule has 1 aromatic heterocycles. The zero-order chi connectivity index (χ0) is 23.0. The van der Waals surface area contributed by atoms with E-state index < -0.39 is 11.6 Å². The molecule has 1 aliphatic rings. The Morgan fingerprint density at radius 2 is 1.91 bits per heavy atom. The number of fused-ring (bicyclic) bond motifs is 2. The molecule has 32 heavy (non-hydrogen) atoms. The van der Waals surface area contributed by atoms with Crippen molar-refractivity contribution in [3.05, 3.63) is 65.0 Å². The van der Waals surface area contributed by atoms with Crippen molar-refractivity contribution < 1.29 is 23.8 Å². The van der Waals surface area contributed by atoms with E-state index in [1.807, 2.05) is 31.3 Å². The standard InChI is InChI=1S/C26H27NO5/c1-6-27-14-17(18-9-7-8-10-20(18)27)13-22-24(29)19-11-12-21(16(2)25(19)31-22)30-15-23(28)32-26(3,4)5/h7-14H,6,15H2,1-5H3. The predicted molar refractivity (Wildman–Crippen MR) is 123 cm³/mol. The summed E-state index contributed by atoms with van der Waals surface area (Å²) in [5.41, 5.74) is 2.61. The number of allylic oxidation sites excluding steroid dienone is 1. The zero-order valence-electron chi connectivity index (χ0n) is 19.0. The molecule has 2 heterocycles. The van der Waals surface area contributed by atoms with Crippen molar-refractivity contribution in [2.24, 2.45) is 0 Å². The fourth-order valence-corrected chi connectivity index (χ4v) is 3.83. The normalized spacial score (nSPS) is 14.5. The van der Waals surface area contributed by atoms with Gasteiger partial charge in [-0.15, -0.1) is 0 Å². The molecule has 0 unspecified atom stereocenters. The number of carbonyl (C=O) groups is 2. The third-order valence-electron chi connectivity index (χ3n) is 5.25. The molecule has 2 aromatic carbocycles. The van der Waals surface area contributed by atoms with Crippen LogP contribution in [0.25, 0.3) is 17.0 Å². The topological polar surface area (TPSA) is 66.8 Å². The van der Waals surface area contributed by atoms with Gasteiger partial charge in [-0.25, -0.2) is 4.79 Å². The minimum atomic E-state index is -0.580. The van der Waals surface area contributed by atoms with Crippen LogP contribution in [-0.4, -0.2) is 28.5 Å². The van der Waals surface area contributed by atoms with Crippen LogP contribution in [0.1, 0.15) is 49.2 Å². The summed E-state index contributed by atoms with van der Waals surface area (Å²) in [6.45, 7) is 9.91. The number of aromatic nitrogens is 1. The Morgan fingerprint density at radius 1 is 1.16 bits per heavy atom. The highest BCUT2D eigenvalue weighted by molar-refractivity contribution is 6.15. The van der Waals surface area contributed by atoms with Crippen LogP contribution in [0.3, 0.4) is 0 Å². The number of rotatable bonds is 5. The molecule has 3 aromatic rings. The Morgan fingerprint density at radius 3 is 2.62 bits per heavy atom. The van der Waals surface area contributed by atoms with E-state index in [0.717, 1.165) is 23.0 Å². The second-order valence-corrected chi connectivity index (χ2v) is 8.77. The van der Waals surface area contributed by atoms with E-state index >= 15 is 0 Å². The summed E-state index contributed by atoms with van der Waals surface area (Å²) in [7, 11) is 0. The highest BCUT2D eigenvalue weighted by Gasteiger charge is 2.30. The number of ether oxygens (including phenoxy) is 3. The Hall–Kier alpha value is -3.54. The maximum absolute atomic E-state index is 13.0. The lowest BCUT2D eigenvalue weighted by Gasteiger charge is -2.19. The van der Waals surface area contributed by atoms with E-state index in [4.69, 9.17) is 14.2 Å². The van der Waals surface area contributed by atoms with Crippen molar-refractivity contribution >= 4 is 28.7 Å². The number of nitrogens with zero attached hydrogens (tertiary/aromatic N) is 1. The molecule has 0 atom stereocenters. The molecule has 0 saturated heterocycles. The van der Waals surface area contributed by atoms with Crippen LogP contribution in [0.5, 0.6) is 11.5 Å². The minimum Gasteiger partial charge on any atom is -0.481 e. The van der Waals surface area contributed by atoms with Crippen LogP contribution in [0.15, 0.2) is 48.4 Å². The summed E-state index contributed by atoms with van der Waals surface area (Å²) in [5.74, 6) is 0.581. The molecular weight excluding hydrogens is 406 g/mol. The molecule has 0 radical (unpaired) electrons. The van der Waals surface area contributed by atoms with Gasteiger partial charge in [-0.3, -0.25) is 4.79 Å². The molecule has 0 bridgehead atoms. The van der Waals surface area contributed by atoms with Gasteiger partial charge in [-0.1, -0.05) is 18.2 Å². The lowest BCUT2D eigenvalue weighted by atomic mass is 10.1. The number of ketones is 1. The monoisotopic (exact) mass is 433 g/mol. The first kappa shape index (κ1) is 21.7. The van der Waals surface area contributed by atoms with Crippen LogP contribution in [0.2, 0.25) is 0 Å². The molecular formula is C26H27NO5. The molecule has 1 aliphatic heterocycles. The van der Waals surface area contributed by atoms with Crippen LogP contribution < -0.4 is 9.47 Å². The Balaban J connectivity index is 1.59. The van der Waals surface area contributed by atoms with Crippen LogP contribution in [0.4, 0.5) is 0 Å². The van der Waals surface area contributed by atoms with Gasteiger partial charge in [0.25, 0.3) is 0 Å². The fraction of sp³-hybridized carbons (Fsp3) is 0.308. The smallest absolute Gasteiger partial charge is 0.344 e. The van der Waals surface area contributed by atoms with E-state index in [-0.39, 0.29) is 18.1 Å². The highest BCUT2D eigenvalue weighted by atomic mass is 16.6. The number of para-hydroxylation sites is 1. The largest absolute Gasteiger partial charge is 0.481 e. The molecule has 6 heteroatoms. The Bertz CT molecular complexity index is 1240. The second kappa shape index (κ2) is 8.19. The summed E-state index contributed by atoms with van der Waals surface area (Å²) in [6.07, 6.45) is 3.82. The van der Waals surface area contributed by atoms with Crippen molar-refractivity contribution in [1.29, 1.82) is 0 Å². The van der Waals surface area contributed by atoms with E-state index in [1.165, 1.54) is 0 Å². The average Bonchev–Trinajstić information content (AvgIpc) is 3.25. The van der Waals surface area contributed by atoms with Gasteiger partial charge in [-0.05, 0) is 58.9 Å². The highest BCUT2D eigenvalue weighted by Crippen LogP contribution is 2.39. The molecule has 166 valence electrons. The van der Waals surface area contributed by atoms with Gasteiger partial charge in [0.2, 0.25) is 5.78 Å². The second-order valence-electron chi connectivity index (χ2n) is 8.77. The van der Waals surface area contributed by atoms with Gasteiger partial charge in [0.1, 0.15) is 17.1 Å². The quantitative estimate of drug-likeness (QED) is 0.403. The Labute approximate surface area is 187 Å². The summed E-state index contributed by atoms with van der Waals surface area (Å²) in [6, 6.07) is 11.4. The van der Waals surface area contributed by atoms with Crippen molar-refractivity contribution in [2.75, 3.05) is 6.61 Å². The zero-order valence-corrected chi connectivity index (χ0v) is 19.0. The minimum absolute atomic E-state index is 0.171. The summed E-state index contributed by atoms with van der Waals surface area (Å²) >= 11 is 0. The summed E-state index contributed by atoms with van der Waals surface area (Å²) in [4.78, 5) is 25.0. The van der Waals surface area contributed by atoms with E-state index in [9.17, 15) is 9.59 Å². The lowest BCUT2D eigenvalue weighted by molar-refractivity contribution is -0.157. The molecule has 0 saturated carbocycles.